The lowest BCUT2D eigenvalue weighted by atomic mass is 10.3. The number of aromatic nitrogens is 1. The van der Waals surface area contributed by atoms with Crippen LogP contribution in [0.5, 0.6) is 0 Å². The molecule has 1 aromatic carbocycles. The Kier molecular flexibility index (Phi) is 3.76. The van der Waals surface area contributed by atoms with E-state index in [2.05, 4.69) is 4.98 Å². The van der Waals surface area contributed by atoms with Crippen molar-refractivity contribution in [3.63, 3.8) is 0 Å². The fourth-order valence-corrected chi connectivity index (χ4v) is 3.16. The van der Waals surface area contributed by atoms with E-state index in [1.54, 1.807) is 0 Å². The van der Waals surface area contributed by atoms with E-state index in [1.807, 2.05) is 0 Å². The highest BCUT2D eigenvalue weighted by molar-refractivity contribution is 7.93. The maximum Gasteiger partial charge on any atom is 0.312 e. The third kappa shape index (κ3) is 2.63. The molecule has 2 aromatic rings. The number of benzene rings is 1. The molecule has 9 heteroatoms. The van der Waals surface area contributed by atoms with Crippen molar-refractivity contribution >= 4 is 27.1 Å². The Hall–Kier alpha value is -2.68. The predicted molar refractivity (Wildman–Crippen MR) is 77.3 cm³/mol. The van der Waals surface area contributed by atoms with Gasteiger partial charge in [0.05, 0.1) is 10.6 Å². The van der Waals surface area contributed by atoms with Crippen LogP contribution in [0.2, 0.25) is 0 Å². The van der Waals surface area contributed by atoms with Gasteiger partial charge in [0, 0.05) is 19.4 Å². The summed E-state index contributed by atoms with van der Waals surface area (Å²) in [6.45, 7) is 0. The third-order valence-electron chi connectivity index (χ3n) is 2.88. The molecule has 0 fully saturated rings. The summed E-state index contributed by atoms with van der Waals surface area (Å²) in [5.41, 5.74) is 5.03. The number of anilines is 2. The van der Waals surface area contributed by atoms with Crippen LogP contribution in [0.1, 0.15) is 0 Å². The van der Waals surface area contributed by atoms with Crippen molar-refractivity contribution in [3.8, 4) is 0 Å². The van der Waals surface area contributed by atoms with Gasteiger partial charge in [-0.2, -0.15) is 0 Å². The SMILES string of the molecule is CN(c1ccncc1)S(=O)(=O)c1cccc(N)c1[N+](=O)[O-]. The van der Waals surface area contributed by atoms with Gasteiger partial charge in [-0.3, -0.25) is 19.4 Å². The topological polar surface area (TPSA) is 119 Å². The Morgan fingerprint density at radius 1 is 1.24 bits per heavy atom. The van der Waals surface area contributed by atoms with Crippen LogP contribution in [-0.4, -0.2) is 25.4 Å². The molecule has 0 unspecified atom stereocenters. The van der Waals surface area contributed by atoms with E-state index < -0.39 is 25.5 Å². The standard InChI is InChI=1S/C12H12N4O4S/c1-15(9-5-7-14-8-6-9)21(19,20)11-4-2-3-10(13)12(11)16(17)18/h2-8H,13H2,1H3. The summed E-state index contributed by atoms with van der Waals surface area (Å²) in [6, 6.07) is 6.76. The molecule has 1 heterocycles. The fourth-order valence-electron chi connectivity index (χ4n) is 1.78. The number of hydrogen-bond acceptors (Lipinski definition) is 6. The molecule has 8 nitrogen and oxygen atoms in total. The zero-order valence-corrected chi connectivity index (χ0v) is 11.8. The number of pyridine rings is 1. The van der Waals surface area contributed by atoms with Gasteiger partial charge in [0.15, 0.2) is 4.90 Å². The van der Waals surface area contributed by atoms with Gasteiger partial charge in [-0.15, -0.1) is 0 Å². The van der Waals surface area contributed by atoms with Gasteiger partial charge >= 0.3 is 5.69 Å². The molecule has 0 radical (unpaired) electrons. The van der Waals surface area contributed by atoms with Gasteiger partial charge in [-0.25, -0.2) is 8.42 Å². The zero-order chi connectivity index (χ0) is 15.6. The van der Waals surface area contributed by atoms with Gasteiger partial charge < -0.3 is 5.73 Å². The quantitative estimate of drug-likeness (QED) is 0.518. The second-order valence-electron chi connectivity index (χ2n) is 4.13. The van der Waals surface area contributed by atoms with E-state index in [4.69, 9.17) is 5.73 Å². The maximum absolute atomic E-state index is 12.6. The lowest BCUT2D eigenvalue weighted by Gasteiger charge is -2.19. The molecule has 1 aromatic heterocycles. The molecule has 0 aliphatic rings. The zero-order valence-electron chi connectivity index (χ0n) is 11.0. The van der Waals surface area contributed by atoms with Crippen LogP contribution in [0.25, 0.3) is 0 Å². The summed E-state index contributed by atoms with van der Waals surface area (Å²) in [7, 11) is -2.80. The van der Waals surface area contributed by atoms with E-state index in [1.165, 1.54) is 43.7 Å². The van der Waals surface area contributed by atoms with Crippen LogP contribution in [-0.2, 0) is 10.0 Å². The molecule has 2 N–H and O–H groups in total. The van der Waals surface area contributed by atoms with Crippen LogP contribution in [0.15, 0.2) is 47.6 Å². The lowest BCUT2D eigenvalue weighted by molar-refractivity contribution is -0.386. The van der Waals surface area contributed by atoms with Gasteiger partial charge in [-0.1, -0.05) is 6.07 Å². The van der Waals surface area contributed by atoms with Gasteiger partial charge in [-0.05, 0) is 24.3 Å². The van der Waals surface area contributed by atoms with E-state index in [9.17, 15) is 18.5 Å². The van der Waals surface area contributed by atoms with Crippen LogP contribution in [0.4, 0.5) is 17.1 Å². The minimum atomic E-state index is -4.11. The van der Waals surface area contributed by atoms with Crippen LogP contribution >= 0.6 is 0 Å². The number of nitro benzene ring substituents is 1. The molecule has 0 amide bonds. The van der Waals surface area contributed by atoms with E-state index in [0.717, 1.165) is 10.4 Å². The van der Waals surface area contributed by atoms with Gasteiger partial charge in [0.2, 0.25) is 0 Å². The Bertz CT molecular complexity index is 777. The van der Waals surface area contributed by atoms with Crippen molar-refractivity contribution in [2.45, 2.75) is 4.90 Å². The number of nitrogens with zero attached hydrogens (tertiary/aromatic N) is 3. The highest BCUT2D eigenvalue weighted by atomic mass is 32.2. The second-order valence-corrected chi connectivity index (χ2v) is 6.07. The van der Waals surface area contributed by atoms with Crippen molar-refractivity contribution in [1.29, 1.82) is 0 Å². The Morgan fingerprint density at radius 2 is 1.86 bits per heavy atom. The number of rotatable bonds is 4. The molecule has 0 atom stereocenters. The molecule has 0 aliphatic heterocycles. The summed E-state index contributed by atoms with van der Waals surface area (Å²) in [5.74, 6) is 0. The van der Waals surface area contributed by atoms with Crippen molar-refractivity contribution in [1.82, 2.24) is 4.98 Å². The Morgan fingerprint density at radius 3 is 2.43 bits per heavy atom. The fraction of sp³-hybridized carbons (Fsp3) is 0.0833. The normalized spacial score (nSPS) is 11.1. The summed E-state index contributed by atoms with van der Waals surface area (Å²) in [4.78, 5) is 13.6. The minimum absolute atomic E-state index is 0.204. The first kappa shape index (κ1) is 14.7. The number of nitro groups is 1. The first-order valence-corrected chi connectivity index (χ1v) is 7.21. The highest BCUT2D eigenvalue weighted by Crippen LogP contribution is 2.32. The monoisotopic (exact) mass is 308 g/mol. The molecular formula is C12H12N4O4S. The van der Waals surface area contributed by atoms with E-state index >= 15 is 0 Å². The van der Waals surface area contributed by atoms with Crippen molar-refractivity contribution < 1.29 is 13.3 Å². The molecular weight excluding hydrogens is 296 g/mol. The first-order chi connectivity index (χ1) is 9.85. The molecule has 0 bridgehead atoms. The molecule has 21 heavy (non-hydrogen) atoms. The first-order valence-electron chi connectivity index (χ1n) is 5.77. The van der Waals surface area contributed by atoms with Crippen molar-refractivity contribution in [3.05, 3.63) is 52.8 Å². The van der Waals surface area contributed by atoms with Crippen molar-refractivity contribution in [2.75, 3.05) is 17.1 Å². The molecule has 0 spiro atoms. The minimum Gasteiger partial charge on any atom is -0.393 e. The highest BCUT2D eigenvalue weighted by Gasteiger charge is 2.31. The smallest absolute Gasteiger partial charge is 0.312 e. The number of hydrogen-bond donors (Lipinski definition) is 1. The Balaban J connectivity index is 2.61. The van der Waals surface area contributed by atoms with Gasteiger partial charge in [0.1, 0.15) is 5.69 Å². The average molecular weight is 308 g/mol. The largest absolute Gasteiger partial charge is 0.393 e. The lowest BCUT2D eigenvalue weighted by Crippen LogP contribution is -2.27. The maximum atomic E-state index is 12.6. The molecule has 0 saturated heterocycles. The van der Waals surface area contributed by atoms with E-state index in [-0.39, 0.29) is 5.69 Å². The number of sulfonamides is 1. The number of nitrogen functional groups attached to an aromatic ring is 1. The summed E-state index contributed by atoms with van der Waals surface area (Å²) < 4.78 is 26.1. The van der Waals surface area contributed by atoms with Crippen LogP contribution < -0.4 is 10.0 Å². The summed E-state index contributed by atoms with van der Waals surface area (Å²) in [5, 5.41) is 11.1. The van der Waals surface area contributed by atoms with Crippen LogP contribution in [0.3, 0.4) is 0 Å². The molecule has 110 valence electrons. The number of nitrogens with two attached hydrogens (primary N) is 1. The molecule has 2 rings (SSSR count). The van der Waals surface area contributed by atoms with Gasteiger partial charge in [0.25, 0.3) is 10.0 Å². The molecule has 0 aliphatic carbocycles. The third-order valence-corrected chi connectivity index (χ3v) is 4.69. The number of para-hydroxylation sites is 1. The van der Waals surface area contributed by atoms with Crippen LogP contribution in [0, 0.1) is 10.1 Å². The second kappa shape index (κ2) is 5.37. The Labute approximate surface area is 121 Å². The average Bonchev–Trinajstić information content (AvgIpc) is 2.46. The molecule has 0 saturated carbocycles. The summed E-state index contributed by atoms with van der Waals surface area (Å²) >= 11 is 0. The predicted octanol–water partition coefficient (Wildman–Crippen LogP) is 1.40. The van der Waals surface area contributed by atoms with Crippen molar-refractivity contribution in [2.24, 2.45) is 0 Å². The van der Waals surface area contributed by atoms with E-state index in [0.29, 0.717) is 5.69 Å². The summed E-state index contributed by atoms with van der Waals surface area (Å²) in [6.07, 6.45) is 2.85.